The molecule has 20 heavy (non-hydrogen) atoms. The number of ether oxygens (including phenoxy) is 1. The van der Waals surface area contributed by atoms with Crippen LogP contribution < -0.4 is 5.32 Å². The molecule has 1 aromatic heterocycles. The molecule has 1 N–H and O–H groups in total. The van der Waals surface area contributed by atoms with Crippen LogP contribution in [-0.4, -0.2) is 52.7 Å². The van der Waals surface area contributed by atoms with Crippen molar-refractivity contribution >= 4 is 11.9 Å². The summed E-state index contributed by atoms with van der Waals surface area (Å²) in [5.41, 5.74) is 0.559. The van der Waals surface area contributed by atoms with E-state index in [9.17, 15) is 4.79 Å². The summed E-state index contributed by atoms with van der Waals surface area (Å²) in [7, 11) is 0. The number of imidazole rings is 1. The first kappa shape index (κ1) is 13.4. The minimum atomic E-state index is 0.0450. The summed E-state index contributed by atoms with van der Waals surface area (Å²) in [4.78, 5) is 18.8. The van der Waals surface area contributed by atoms with E-state index in [1.165, 1.54) is 0 Å². The van der Waals surface area contributed by atoms with Gasteiger partial charge in [0.1, 0.15) is 5.69 Å². The minimum Gasteiger partial charge on any atom is -0.378 e. The number of aromatic nitrogens is 2. The zero-order valence-corrected chi connectivity index (χ0v) is 12.0. The van der Waals surface area contributed by atoms with Crippen molar-refractivity contribution in [3.05, 3.63) is 11.9 Å². The smallest absolute Gasteiger partial charge is 0.274 e. The zero-order chi connectivity index (χ0) is 13.9. The van der Waals surface area contributed by atoms with E-state index in [1.807, 2.05) is 22.6 Å². The number of rotatable bonds is 3. The van der Waals surface area contributed by atoms with Crippen LogP contribution in [0.15, 0.2) is 6.20 Å². The van der Waals surface area contributed by atoms with Crippen molar-refractivity contribution in [2.24, 2.45) is 0 Å². The van der Waals surface area contributed by atoms with Crippen LogP contribution in [-0.2, 0) is 11.3 Å². The molecule has 0 saturated carbocycles. The number of carbonyl (C=O) groups is 1. The third-order valence-electron chi connectivity index (χ3n) is 3.99. The number of carbonyl (C=O) groups excluding carboxylic acids is 1. The van der Waals surface area contributed by atoms with Crippen molar-refractivity contribution in [1.29, 1.82) is 0 Å². The van der Waals surface area contributed by atoms with Crippen LogP contribution in [0.5, 0.6) is 0 Å². The van der Waals surface area contributed by atoms with Crippen molar-refractivity contribution < 1.29 is 9.53 Å². The van der Waals surface area contributed by atoms with Crippen LogP contribution in [0.2, 0.25) is 0 Å². The summed E-state index contributed by atoms with van der Waals surface area (Å²) in [5, 5.41) is 3.23. The molecule has 0 atom stereocenters. The first-order chi connectivity index (χ1) is 9.78. The van der Waals surface area contributed by atoms with Gasteiger partial charge in [-0.05, 0) is 26.2 Å². The van der Waals surface area contributed by atoms with Gasteiger partial charge >= 0.3 is 0 Å². The summed E-state index contributed by atoms with van der Waals surface area (Å²) in [5.74, 6) is 0.868. The number of hydrogen-bond acceptors (Lipinski definition) is 4. The Bertz CT molecular complexity index is 454. The quantitative estimate of drug-likeness (QED) is 0.906. The van der Waals surface area contributed by atoms with Gasteiger partial charge in [0.05, 0.1) is 6.10 Å². The lowest BCUT2D eigenvalue weighted by atomic mass is 10.1. The number of likely N-dealkylation sites (tertiary alicyclic amines) is 1. The molecule has 3 rings (SSSR count). The van der Waals surface area contributed by atoms with E-state index in [2.05, 4.69) is 10.3 Å². The second-order valence-electron chi connectivity index (χ2n) is 5.37. The third kappa shape index (κ3) is 2.65. The highest BCUT2D eigenvalue weighted by Gasteiger charge is 2.26. The van der Waals surface area contributed by atoms with E-state index in [0.717, 1.165) is 58.0 Å². The van der Waals surface area contributed by atoms with Gasteiger partial charge in [0.25, 0.3) is 5.91 Å². The highest BCUT2D eigenvalue weighted by molar-refractivity contribution is 5.92. The number of piperidine rings is 1. The molecule has 110 valence electrons. The van der Waals surface area contributed by atoms with E-state index in [4.69, 9.17) is 4.74 Å². The van der Waals surface area contributed by atoms with Crippen molar-refractivity contribution in [2.45, 2.75) is 38.8 Å². The molecule has 3 heterocycles. The fourth-order valence-electron chi connectivity index (χ4n) is 2.90. The van der Waals surface area contributed by atoms with Crippen molar-refractivity contribution in [3.8, 4) is 0 Å². The topological polar surface area (TPSA) is 59.4 Å². The molecule has 1 fully saturated rings. The molecular formula is C14H22N4O2. The fraction of sp³-hybridized carbons (Fsp3) is 0.714. The van der Waals surface area contributed by atoms with Gasteiger partial charge in [0.15, 0.2) is 0 Å². The Kier molecular flexibility index (Phi) is 3.91. The monoisotopic (exact) mass is 278 g/mol. The number of anilines is 1. The Hall–Kier alpha value is -1.56. The van der Waals surface area contributed by atoms with E-state index in [0.29, 0.717) is 11.8 Å². The van der Waals surface area contributed by atoms with Gasteiger partial charge < -0.3 is 19.5 Å². The number of fused-ring (bicyclic) bond motifs is 1. The predicted octanol–water partition coefficient (Wildman–Crippen LogP) is 1.34. The number of hydrogen-bond donors (Lipinski definition) is 1. The number of nitrogens with one attached hydrogen (secondary N) is 1. The maximum Gasteiger partial charge on any atom is 0.274 e. The third-order valence-corrected chi connectivity index (χ3v) is 3.99. The molecule has 0 aromatic carbocycles. The van der Waals surface area contributed by atoms with Crippen LogP contribution in [0.3, 0.4) is 0 Å². The summed E-state index contributed by atoms with van der Waals surface area (Å²) < 4.78 is 7.65. The highest BCUT2D eigenvalue weighted by Crippen LogP contribution is 2.19. The molecule has 0 aliphatic carbocycles. The van der Waals surface area contributed by atoms with Crippen molar-refractivity contribution in [3.63, 3.8) is 0 Å². The lowest BCUT2D eigenvalue weighted by Crippen LogP contribution is -2.41. The summed E-state index contributed by atoms with van der Waals surface area (Å²) >= 11 is 0. The van der Waals surface area contributed by atoms with E-state index in [1.54, 1.807) is 0 Å². The Morgan fingerprint density at radius 2 is 2.25 bits per heavy atom. The van der Waals surface area contributed by atoms with Crippen molar-refractivity contribution in [2.75, 3.05) is 31.6 Å². The number of amides is 1. The highest BCUT2D eigenvalue weighted by atomic mass is 16.5. The SMILES string of the molecule is CCOC1CCN(C(=O)c2cn3c(n2)NCCC3)CC1. The van der Waals surface area contributed by atoms with E-state index >= 15 is 0 Å². The van der Waals surface area contributed by atoms with E-state index < -0.39 is 0 Å². The summed E-state index contributed by atoms with van der Waals surface area (Å²) in [6.07, 6.45) is 5.10. The molecule has 0 unspecified atom stereocenters. The van der Waals surface area contributed by atoms with Gasteiger partial charge in [-0.2, -0.15) is 0 Å². The fourth-order valence-corrected chi connectivity index (χ4v) is 2.90. The Labute approximate surface area is 119 Å². The van der Waals surface area contributed by atoms with Gasteiger partial charge in [0.2, 0.25) is 5.95 Å². The van der Waals surface area contributed by atoms with E-state index in [-0.39, 0.29) is 5.91 Å². The van der Waals surface area contributed by atoms with Crippen LogP contribution in [0.1, 0.15) is 36.7 Å². The molecule has 6 heteroatoms. The van der Waals surface area contributed by atoms with Crippen LogP contribution >= 0.6 is 0 Å². The first-order valence-corrected chi connectivity index (χ1v) is 7.50. The molecule has 0 spiro atoms. The Balaban J connectivity index is 1.63. The minimum absolute atomic E-state index is 0.0450. The Morgan fingerprint density at radius 3 is 2.95 bits per heavy atom. The van der Waals surface area contributed by atoms with Gasteiger partial charge in [-0.3, -0.25) is 4.79 Å². The van der Waals surface area contributed by atoms with Gasteiger partial charge in [0, 0.05) is 39.0 Å². The lowest BCUT2D eigenvalue weighted by Gasteiger charge is -2.31. The molecule has 1 saturated heterocycles. The van der Waals surface area contributed by atoms with Gasteiger partial charge in [-0.1, -0.05) is 0 Å². The molecule has 2 aliphatic heterocycles. The Morgan fingerprint density at radius 1 is 1.45 bits per heavy atom. The average Bonchev–Trinajstić information content (AvgIpc) is 2.91. The van der Waals surface area contributed by atoms with Gasteiger partial charge in [-0.25, -0.2) is 4.98 Å². The largest absolute Gasteiger partial charge is 0.378 e. The average molecular weight is 278 g/mol. The maximum atomic E-state index is 12.5. The maximum absolute atomic E-state index is 12.5. The first-order valence-electron chi connectivity index (χ1n) is 7.50. The van der Waals surface area contributed by atoms with Gasteiger partial charge in [-0.15, -0.1) is 0 Å². The molecular weight excluding hydrogens is 256 g/mol. The second-order valence-corrected chi connectivity index (χ2v) is 5.37. The normalized spacial score (nSPS) is 19.6. The molecule has 6 nitrogen and oxygen atoms in total. The second kappa shape index (κ2) is 5.83. The molecule has 0 bridgehead atoms. The molecule has 1 aromatic rings. The lowest BCUT2D eigenvalue weighted by molar-refractivity contribution is 0.0144. The number of nitrogens with zero attached hydrogens (tertiary/aromatic N) is 3. The summed E-state index contributed by atoms with van der Waals surface area (Å²) in [6, 6.07) is 0. The molecule has 2 aliphatic rings. The molecule has 0 radical (unpaired) electrons. The summed E-state index contributed by atoms with van der Waals surface area (Å²) in [6.45, 7) is 6.16. The van der Waals surface area contributed by atoms with Crippen LogP contribution in [0.25, 0.3) is 0 Å². The predicted molar refractivity (Wildman–Crippen MR) is 75.9 cm³/mol. The molecule has 1 amide bonds. The zero-order valence-electron chi connectivity index (χ0n) is 12.0. The van der Waals surface area contributed by atoms with Crippen LogP contribution in [0, 0.1) is 0 Å². The van der Waals surface area contributed by atoms with Crippen LogP contribution in [0.4, 0.5) is 5.95 Å². The standard InChI is InChI=1S/C14H22N4O2/c1-2-20-11-4-8-17(9-5-11)13(19)12-10-18-7-3-6-15-14(18)16-12/h10-11H,2-9H2,1H3,(H,15,16). The van der Waals surface area contributed by atoms with Crippen molar-refractivity contribution in [1.82, 2.24) is 14.5 Å². The number of aryl methyl sites for hydroxylation is 1.